The summed E-state index contributed by atoms with van der Waals surface area (Å²) in [4.78, 5) is 16.0. The molecule has 0 radical (unpaired) electrons. The molecule has 1 aromatic heterocycles. The van der Waals surface area contributed by atoms with Crippen LogP contribution >= 0.6 is 15.9 Å². The number of nitrogen functional groups attached to an aromatic ring is 1. The second-order valence-electron chi connectivity index (χ2n) is 4.28. The molecule has 0 atom stereocenters. The van der Waals surface area contributed by atoms with Crippen LogP contribution in [0, 0.1) is 0 Å². The van der Waals surface area contributed by atoms with Crippen LogP contribution in [-0.4, -0.2) is 17.6 Å². The minimum absolute atomic E-state index is 0.294. The van der Waals surface area contributed by atoms with Crippen LogP contribution in [0.4, 0.5) is 5.69 Å². The fraction of sp³-hybridized carbons (Fsp3) is 0.200. The zero-order chi connectivity index (χ0) is 15.2. The first kappa shape index (κ1) is 15.3. The number of ether oxygens (including phenoxy) is 2. The summed E-state index contributed by atoms with van der Waals surface area (Å²) in [7, 11) is 0. The Morgan fingerprint density at radius 3 is 2.86 bits per heavy atom. The van der Waals surface area contributed by atoms with Crippen LogP contribution in [0.25, 0.3) is 0 Å². The molecule has 2 rings (SSSR count). The van der Waals surface area contributed by atoms with E-state index >= 15 is 0 Å². The summed E-state index contributed by atoms with van der Waals surface area (Å²) in [5.74, 6) is -0.0187. The van der Waals surface area contributed by atoms with Crippen molar-refractivity contribution in [1.82, 2.24) is 4.98 Å². The number of aromatic nitrogens is 1. The maximum Gasteiger partial charge on any atom is 0.341 e. The van der Waals surface area contributed by atoms with Gasteiger partial charge in [0.2, 0.25) is 0 Å². The van der Waals surface area contributed by atoms with E-state index in [0.29, 0.717) is 30.2 Å². The Bertz CT molecular complexity index is 647. The zero-order valence-electron chi connectivity index (χ0n) is 11.5. The minimum atomic E-state index is -0.452. The zero-order valence-corrected chi connectivity index (χ0v) is 13.1. The minimum Gasteiger partial charge on any atom is -0.488 e. The lowest BCUT2D eigenvalue weighted by Gasteiger charge is -2.11. The van der Waals surface area contributed by atoms with E-state index in [-0.39, 0.29) is 0 Å². The van der Waals surface area contributed by atoms with Gasteiger partial charge in [0.15, 0.2) is 0 Å². The molecule has 1 aromatic carbocycles. The van der Waals surface area contributed by atoms with Gasteiger partial charge in [-0.2, -0.15) is 0 Å². The first-order valence-corrected chi connectivity index (χ1v) is 7.18. The van der Waals surface area contributed by atoms with Gasteiger partial charge in [-0.1, -0.05) is 0 Å². The Hall–Kier alpha value is -2.08. The molecule has 2 aromatic rings. The molecule has 6 heteroatoms. The van der Waals surface area contributed by atoms with Crippen molar-refractivity contribution in [3.63, 3.8) is 0 Å². The van der Waals surface area contributed by atoms with E-state index in [2.05, 4.69) is 20.9 Å². The molecular weight excluding hydrogens is 336 g/mol. The summed E-state index contributed by atoms with van der Waals surface area (Å²) in [6.07, 6.45) is 3.39. The first-order valence-electron chi connectivity index (χ1n) is 6.39. The Kier molecular flexibility index (Phi) is 5.16. The van der Waals surface area contributed by atoms with Crippen molar-refractivity contribution in [2.24, 2.45) is 0 Å². The maximum atomic E-state index is 11.9. The highest BCUT2D eigenvalue weighted by atomic mass is 79.9. The number of pyridine rings is 1. The van der Waals surface area contributed by atoms with Gasteiger partial charge in [-0.25, -0.2) is 4.79 Å². The van der Waals surface area contributed by atoms with Crippen LogP contribution in [0.3, 0.4) is 0 Å². The van der Waals surface area contributed by atoms with Gasteiger partial charge in [0.25, 0.3) is 0 Å². The fourth-order valence-electron chi connectivity index (χ4n) is 1.74. The van der Waals surface area contributed by atoms with Crippen LogP contribution < -0.4 is 10.5 Å². The van der Waals surface area contributed by atoms with E-state index in [0.717, 1.165) is 10.0 Å². The summed E-state index contributed by atoms with van der Waals surface area (Å²) in [6, 6.07) is 6.78. The van der Waals surface area contributed by atoms with E-state index < -0.39 is 5.97 Å². The highest BCUT2D eigenvalue weighted by Gasteiger charge is 2.14. The molecule has 0 spiro atoms. The average Bonchev–Trinajstić information content (AvgIpc) is 2.46. The second kappa shape index (κ2) is 7.08. The topological polar surface area (TPSA) is 74.4 Å². The van der Waals surface area contributed by atoms with Gasteiger partial charge >= 0.3 is 5.97 Å². The van der Waals surface area contributed by atoms with E-state index in [1.165, 1.54) is 0 Å². The number of hydrogen-bond donors (Lipinski definition) is 1. The molecule has 0 unspecified atom stereocenters. The lowest BCUT2D eigenvalue weighted by Crippen LogP contribution is -2.08. The Morgan fingerprint density at radius 2 is 2.14 bits per heavy atom. The third kappa shape index (κ3) is 4.19. The quantitative estimate of drug-likeness (QED) is 0.662. The van der Waals surface area contributed by atoms with Gasteiger partial charge in [0.05, 0.1) is 6.61 Å². The van der Waals surface area contributed by atoms with Crippen LogP contribution in [0.1, 0.15) is 22.8 Å². The Labute approximate surface area is 131 Å². The Morgan fingerprint density at radius 1 is 1.33 bits per heavy atom. The van der Waals surface area contributed by atoms with Gasteiger partial charge in [0, 0.05) is 28.1 Å². The van der Waals surface area contributed by atoms with E-state index in [9.17, 15) is 4.79 Å². The number of nitrogens with two attached hydrogens (primary N) is 1. The molecule has 0 aliphatic rings. The van der Waals surface area contributed by atoms with E-state index in [4.69, 9.17) is 15.2 Å². The van der Waals surface area contributed by atoms with Crippen molar-refractivity contribution in [2.75, 3.05) is 12.3 Å². The maximum absolute atomic E-state index is 11.9. The van der Waals surface area contributed by atoms with Crippen molar-refractivity contribution < 1.29 is 14.3 Å². The first-order chi connectivity index (χ1) is 10.1. The van der Waals surface area contributed by atoms with Gasteiger partial charge < -0.3 is 15.2 Å². The molecule has 0 amide bonds. The number of carbonyl (C=O) groups is 1. The molecule has 0 aliphatic carbocycles. The molecule has 21 heavy (non-hydrogen) atoms. The van der Waals surface area contributed by atoms with Crippen molar-refractivity contribution in [2.45, 2.75) is 13.5 Å². The molecule has 0 saturated carbocycles. The predicted molar refractivity (Wildman–Crippen MR) is 83.1 cm³/mol. The number of benzene rings is 1. The lowest BCUT2D eigenvalue weighted by atomic mass is 10.2. The van der Waals surface area contributed by atoms with Gasteiger partial charge in [-0.15, -0.1) is 0 Å². The molecule has 0 aliphatic heterocycles. The molecule has 0 saturated heterocycles. The van der Waals surface area contributed by atoms with Crippen LogP contribution in [-0.2, 0) is 11.3 Å². The normalized spacial score (nSPS) is 10.2. The van der Waals surface area contributed by atoms with Gasteiger partial charge in [-0.05, 0) is 47.1 Å². The lowest BCUT2D eigenvalue weighted by molar-refractivity contribution is 0.0521. The molecular formula is C15H15BrN2O3. The van der Waals surface area contributed by atoms with Gasteiger partial charge in [0.1, 0.15) is 17.9 Å². The summed E-state index contributed by atoms with van der Waals surface area (Å²) < 4.78 is 11.6. The monoisotopic (exact) mass is 350 g/mol. The summed E-state index contributed by atoms with van der Waals surface area (Å²) in [5, 5.41) is 0. The number of halogens is 1. The summed E-state index contributed by atoms with van der Waals surface area (Å²) in [5.41, 5.74) is 7.39. The number of hydrogen-bond acceptors (Lipinski definition) is 5. The van der Waals surface area contributed by atoms with Crippen LogP contribution in [0.2, 0.25) is 0 Å². The third-order valence-corrected chi connectivity index (χ3v) is 3.09. The number of carbonyl (C=O) groups excluding carboxylic acids is 1. The van der Waals surface area contributed by atoms with E-state index in [1.807, 2.05) is 6.07 Å². The van der Waals surface area contributed by atoms with Gasteiger partial charge in [-0.3, -0.25) is 4.98 Å². The van der Waals surface area contributed by atoms with Crippen LogP contribution in [0.15, 0.2) is 41.1 Å². The average molecular weight is 351 g/mol. The second-order valence-corrected chi connectivity index (χ2v) is 5.19. The van der Waals surface area contributed by atoms with Crippen molar-refractivity contribution in [1.29, 1.82) is 0 Å². The highest BCUT2D eigenvalue weighted by Crippen LogP contribution is 2.23. The van der Waals surface area contributed by atoms with Crippen LogP contribution in [0.5, 0.6) is 5.75 Å². The largest absolute Gasteiger partial charge is 0.488 e. The Balaban J connectivity index is 2.17. The molecule has 2 N–H and O–H groups in total. The predicted octanol–water partition coefficient (Wildman–Crippen LogP) is 3.18. The highest BCUT2D eigenvalue weighted by molar-refractivity contribution is 9.10. The molecule has 110 valence electrons. The van der Waals surface area contributed by atoms with Crippen molar-refractivity contribution in [3.05, 3.63) is 52.3 Å². The number of nitrogens with zero attached hydrogens (tertiary/aromatic N) is 1. The SMILES string of the molecule is CCOC(=O)c1cc(N)ccc1OCc1cncc(Br)c1. The number of anilines is 1. The molecule has 0 fully saturated rings. The van der Waals surface area contributed by atoms with E-state index in [1.54, 1.807) is 37.5 Å². The molecule has 5 nitrogen and oxygen atoms in total. The summed E-state index contributed by atoms with van der Waals surface area (Å²) in [6.45, 7) is 2.34. The van der Waals surface area contributed by atoms with Crippen molar-refractivity contribution in [3.8, 4) is 5.75 Å². The fourth-order valence-corrected chi connectivity index (χ4v) is 2.15. The standard InChI is InChI=1S/C15H15BrN2O3/c1-2-20-15(19)13-6-12(17)3-4-14(13)21-9-10-5-11(16)8-18-7-10/h3-8H,2,9,17H2,1H3. The number of rotatable bonds is 5. The summed E-state index contributed by atoms with van der Waals surface area (Å²) >= 11 is 3.35. The van der Waals surface area contributed by atoms with Crippen molar-refractivity contribution >= 4 is 27.6 Å². The molecule has 1 heterocycles. The molecule has 0 bridgehead atoms. The number of esters is 1. The third-order valence-electron chi connectivity index (χ3n) is 2.65. The smallest absolute Gasteiger partial charge is 0.341 e.